The summed E-state index contributed by atoms with van der Waals surface area (Å²) in [5.74, 6) is 0.00546. The second-order valence-corrected chi connectivity index (χ2v) is 3.76. The Morgan fingerprint density at radius 2 is 1.83 bits per heavy atom. The highest BCUT2D eigenvalue weighted by Gasteiger charge is 1.99. The summed E-state index contributed by atoms with van der Waals surface area (Å²) >= 11 is 0. The van der Waals surface area contributed by atoms with E-state index in [0.717, 1.165) is 17.7 Å². The van der Waals surface area contributed by atoms with Crippen LogP contribution in [0.2, 0.25) is 0 Å². The number of ether oxygens (including phenoxy) is 1. The molecule has 0 heterocycles. The van der Waals surface area contributed by atoms with E-state index in [1.165, 1.54) is 0 Å². The fraction of sp³-hybridized carbons (Fsp3) is 0.462. The molecule has 0 aliphatic rings. The molecule has 2 N–H and O–H groups in total. The summed E-state index contributed by atoms with van der Waals surface area (Å²) < 4.78 is 5.31. The number of hydrogen-bond acceptors (Lipinski definition) is 3. The molecular weight excluding hydrogens is 252 g/mol. The fourth-order valence-electron chi connectivity index (χ4n) is 1.40. The van der Waals surface area contributed by atoms with Crippen molar-refractivity contribution in [3.8, 4) is 0 Å². The van der Waals surface area contributed by atoms with Crippen molar-refractivity contribution in [2.75, 3.05) is 20.2 Å². The second-order valence-electron chi connectivity index (χ2n) is 3.76. The Bertz CT molecular complexity index is 341. The van der Waals surface area contributed by atoms with Crippen LogP contribution in [0, 0.1) is 0 Å². The molecule has 102 valence electrons. The lowest BCUT2D eigenvalue weighted by Crippen LogP contribution is -2.31. The number of nitrogens with one attached hydrogen (secondary N) is 2. The molecule has 4 nitrogen and oxygen atoms in total. The zero-order chi connectivity index (χ0) is 12.5. The molecule has 5 heteroatoms. The highest BCUT2D eigenvalue weighted by atomic mass is 35.5. The number of carbonyl (C=O) groups is 1. The maximum absolute atomic E-state index is 11.2. The molecule has 0 bridgehead atoms. The van der Waals surface area contributed by atoms with Crippen LogP contribution in [-0.4, -0.2) is 26.1 Å². The summed E-state index contributed by atoms with van der Waals surface area (Å²) in [5, 5.41) is 5.64. The number of halogens is 1. The topological polar surface area (TPSA) is 50.4 Å². The molecule has 18 heavy (non-hydrogen) atoms. The summed E-state index contributed by atoms with van der Waals surface area (Å²) in [5.41, 5.74) is 2.24. The average molecular weight is 273 g/mol. The molecule has 0 radical (unpaired) electrons. The van der Waals surface area contributed by atoms with Gasteiger partial charge in [0.05, 0.1) is 13.2 Å². The maximum atomic E-state index is 11.2. The van der Waals surface area contributed by atoms with Crippen molar-refractivity contribution in [1.29, 1.82) is 0 Å². The molecule has 0 aromatic heterocycles. The van der Waals surface area contributed by atoms with Crippen LogP contribution < -0.4 is 10.6 Å². The monoisotopic (exact) mass is 272 g/mol. The van der Waals surface area contributed by atoms with Gasteiger partial charge in [0, 0.05) is 13.2 Å². The first-order chi connectivity index (χ1) is 8.26. The van der Waals surface area contributed by atoms with Gasteiger partial charge in [0.1, 0.15) is 0 Å². The van der Waals surface area contributed by atoms with Gasteiger partial charge >= 0.3 is 0 Å². The van der Waals surface area contributed by atoms with Gasteiger partial charge in [-0.2, -0.15) is 0 Å². The Labute approximate surface area is 115 Å². The Balaban J connectivity index is 0.00000289. The van der Waals surface area contributed by atoms with Crippen LogP contribution in [-0.2, 0) is 22.7 Å². The van der Waals surface area contributed by atoms with E-state index in [2.05, 4.69) is 10.6 Å². The van der Waals surface area contributed by atoms with Gasteiger partial charge in [0.25, 0.3) is 0 Å². The third-order valence-corrected chi connectivity index (χ3v) is 2.32. The number of amides is 1. The zero-order valence-electron chi connectivity index (χ0n) is 10.9. The third-order valence-electron chi connectivity index (χ3n) is 2.32. The van der Waals surface area contributed by atoms with Crippen LogP contribution in [0.25, 0.3) is 0 Å². The highest BCUT2D eigenvalue weighted by Crippen LogP contribution is 2.05. The van der Waals surface area contributed by atoms with Crippen molar-refractivity contribution < 1.29 is 9.53 Å². The molecule has 0 saturated carbocycles. The molecule has 0 aliphatic carbocycles. The lowest BCUT2D eigenvalue weighted by molar-refractivity contribution is -0.120. The highest BCUT2D eigenvalue weighted by molar-refractivity contribution is 5.85. The van der Waals surface area contributed by atoms with Crippen molar-refractivity contribution in [3.63, 3.8) is 0 Å². The quantitative estimate of drug-likeness (QED) is 0.791. The van der Waals surface area contributed by atoms with E-state index in [1.807, 2.05) is 31.2 Å². The molecule has 0 aliphatic heterocycles. The molecule has 0 fully saturated rings. The molecule has 0 saturated heterocycles. The Morgan fingerprint density at radius 1 is 1.22 bits per heavy atom. The first-order valence-electron chi connectivity index (χ1n) is 5.83. The molecular formula is C13H21ClN2O2. The van der Waals surface area contributed by atoms with Crippen molar-refractivity contribution in [2.45, 2.75) is 20.1 Å². The van der Waals surface area contributed by atoms with E-state index in [-0.39, 0.29) is 18.3 Å². The number of benzene rings is 1. The third kappa shape index (κ3) is 6.59. The van der Waals surface area contributed by atoms with Crippen molar-refractivity contribution in [3.05, 3.63) is 35.4 Å². The van der Waals surface area contributed by atoms with Crippen molar-refractivity contribution in [1.82, 2.24) is 10.6 Å². The van der Waals surface area contributed by atoms with Crippen molar-refractivity contribution >= 4 is 18.3 Å². The minimum Gasteiger partial charge on any atom is -0.377 e. The van der Waals surface area contributed by atoms with Crippen LogP contribution >= 0.6 is 12.4 Å². The van der Waals surface area contributed by atoms with Crippen LogP contribution in [0.4, 0.5) is 0 Å². The first kappa shape index (κ1) is 16.9. The molecule has 1 aromatic carbocycles. The van der Waals surface area contributed by atoms with Crippen LogP contribution in [0.3, 0.4) is 0 Å². The zero-order valence-corrected chi connectivity index (χ0v) is 11.7. The Morgan fingerprint density at radius 3 is 2.39 bits per heavy atom. The predicted molar refractivity (Wildman–Crippen MR) is 74.8 cm³/mol. The summed E-state index contributed by atoms with van der Waals surface area (Å²) in [7, 11) is 1.75. The predicted octanol–water partition coefficient (Wildman–Crippen LogP) is 1.48. The van der Waals surface area contributed by atoms with Gasteiger partial charge in [0.2, 0.25) is 5.91 Å². The van der Waals surface area contributed by atoms with E-state index >= 15 is 0 Å². The van der Waals surface area contributed by atoms with Gasteiger partial charge in [0.15, 0.2) is 0 Å². The number of likely N-dealkylation sites (N-methyl/N-ethyl adjacent to an activating group) is 1. The van der Waals surface area contributed by atoms with Gasteiger partial charge in [-0.15, -0.1) is 12.4 Å². The number of hydrogen-bond donors (Lipinski definition) is 2. The minimum atomic E-state index is 0. The second kappa shape index (κ2) is 9.88. The first-order valence-corrected chi connectivity index (χ1v) is 5.83. The molecule has 1 amide bonds. The summed E-state index contributed by atoms with van der Waals surface area (Å²) in [6.45, 7) is 4.26. The van der Waals surface area contributed by atoms with E-state index in [4.69, 9.17) is 4.74 Å². The average Bonchev–Trinajstić information content (AvgIpc) is 2.35. The summed E-state index contributed by atoms with van der Waals surface area (Å²) in [6, 6.07) is 8.06. The van der Waals surface area contributed by atoms with E-state index in [1.54, 1.807) is 7.05 Å². The normalized spacial score (nSPS) is 9.67. The van der Waals surface area contributed by atoms with E-state index < -0.39 is 0 Å². The molecule has 1 aromatic rings. The lowest BCUT2D eigenvalue weighted by atomic mass is 10.1. The molecule has 1 rings (SSSR count). The number of carbonyl (C=O) groups excluding carboxylic acids is 1. The molecule has 0 atom stereocenters. The largest absolute Gasteiger partial charge is 0.377 e. The SMILES string of the molecule is CCOCc1ccc(CNC(=O)CNC)cc1.Cl. The van der Waals surface area contributed by atoms with Gasteiger partial charge in [-0.3, -0.25) is 4.79 Å². The van der Waals surface area contributed by atoms with Gasteiger partial charge in [-0.1, -0.05) is 24.3 Å². The van der Waals surface area contributed by atoms with Gasteiger partial charge in [-0.25, -0.2) is 0 Å². The van der Waals surface area contributed by atoms with Crippen molar-refractivity contribution in [2.24, 2.45) is 0 Å². The molecule has 0 spiro atoms. The maximum Gasteiger partial charge on any atom is 0.234 e. The minimum absolute atomic E-state index is 0. The van der Waals surface area contributed by atoms with Gasteiger partial charge < -0.3 is 15.4 Å². The lowest BCUT2D eigenvalue weighted by Gasteiger charge is -2.06. The van der Waals surface area contributed by atoms with Crippen LogP contribution in [0.15, 0.2) is 24.3 Å². The van der Waals surface area contributed by atoms with Crippen LogP contribution in [0.5, 0.6) is 0 Å². The molecule has 0 unspecified atom stereocenters. The Kier molecular flexibility index (Phi) is 9.28. The Hall–Kier alpha value is -1.10. The summed E-state index contributed by atoms with van der Waals surface area (Å²) in [4.78, 5) is 11.2. The fourth-order valence-corrected chi connectivity index (χ4v) is 1.40. The van der Waals surface area contributed by atoms with E-state index in [9.17, 15) is 4.79 Å². The van der Waals surface area contributed by atoms with Gasteiger partial charge in [-0.05, 0) is 25.1 Å². The van der Waals surface area contributed by atoms with E-state index in [0.29, 0.717) is 19.7 Å². The summed E-state index contributed by atoms with van der Waals surface area (Å²) in [6.07, 6.45) is 0. The standard InChI is InChI=1S/C13H20N2O2.ClH/c1-3-17-10-12-6-4-11(5-7-12)8-15-13(16)9-14-2;/h4-7,14H,3,8-10H2,1-2H3,(H,15,16);1H. The smallest absolute Gasteiger partial charge is 0.234 e. The number of rotatable bonds is 7. The van der Waals surface area contributed by atoms with Crippen LogP contribution in [0.1, 0.15) is 18.1 Å².